The van der Waals surface area contributed by atoms with Crippen molar-refractivity contribution in [2.45, 2.75) is 20.4 Å². The molecule has 0 radical (unpaired) electrons. The molecule has 0 aliphatic heterocycles. The number of aromatic nitrogens is 6. The largest absolute Gasteiger partial charge is 0.350 e. The highest BCUT2D eigenvalue weighted by molar-refractivity contribution is 5.94. The molecule has 148 valence electrons. The van der Waals surface area contributed by atoms with E-state index >= 15 is 0 Å². The average Bonchev–Trinajstić information content (AvgIpc) is 3.30. The molecule has 3 N–H and O–H groups in total. The first-order valence-corrected chi connectivity index (χ1v) is 9.24. The Hall–Kier alpha value is -3.95. The molecule has 0 atom stereocenters. The topological polar surface area (TPSA) is 123 Å². The Balaban J connectivity index is 1.90. The summed E-state index contributed by atoms with van der Waals surface area (Å²) in [5.41, 5.74) is 3.16. The van der Waals surface area contributed by atoms with Gasteiger partial charge in [-0.2, -0.15) is 9.78 Å². The number of carbonyl (C=O) groups is 1. The molecular weight excluding hydrogens is 372 g/mol. The minimum Gasteiger partial charge on any atom is -0.338 e. The van der Waals surface area contributed by atoms with Crippen LogP contribution < -0.4 is 16.3 Å². The average molecular weight is 392 g/mol. The van der Waals surface area contributed by atoms with E-state index in [0.717, 1.165) is 11.1 Å². The van der Waals surface area contributed by atoms with Crippen molar-refractivity contribution in [3.05, 3.63) is 53.5 Å². The predicted octanol–water partition coefficient (Wildman–Crippen LogP) is 2.13. The Kier molecular flexibility index (Phi) is 4.82. The second kappa shape index (κ2) is 7.58. The molecular formula is C19H20N8O2. The zero-order chi connectivity index (χ0) is 20.4. The van der Waals surface area contributed by atoms with Gasteiger partial charge < -0.3 is 10.3 Å². The summed E-state index contributed by atoms with van der Waals surface area (Å²) in [7, 11) is 0. The molecule has 0 spiro atoms. The van der Waals surface area contributed by atoms with E-state index < -0.39 is 0 Å². The van der Waals surface area contributed by atoms with E-state index in [1.54, 1.807) is 12.4 Å². The van der Waals surface area contributed by atoms with Gasteiger partial charge in [0.2, 0.25) is 5.95 Å². The molecule has 10 nitrogen and oxygen atoms in total. The van der Waals surface area contributed by atoms with Crippen LogP contribution in [0.15, 0.2) is 47.8 Å². The number of fused-ring (bicyclic) bond motifs is 1. The molecule has 0 fully saturated rings. The normalized spacial score (nSPS) is 11.0. The minimum absolute atomic E-state index is 0.259. The number of urea groups is 1. The number of hydrogen-bond acceptors (Lipinski definition) is 5. The lowest BCUT2D eigenvalue weighted by Crippen LogP contribution is -2.28. The number of nitrogens with zero attached hydrogens (tertiary/aromatic N) is 5. The summed E-state index contributed by atoms with van der Waals surface area (Å²) in [5, 5.41) is 9.56. The Bertz CT molecular complexity index is 1220. The van der Waals surface area contributed by atoms with Gasteiger partial charge in [0.15, 0.2) is 0 Å². The fourth-order valence-corrected chi connectivity index (χ4v) is 3.05. The molecule has 0 saturated carbocycles. The summed E-state index contributed by atoms with van der Waals surface area (Å²) in [6.07, 6.45) is 4.92. The third-order valence-electron chi connectivity index (χ3n) is 4.44. The predicted molar refractivity (Wildman–Crippen MR) is 109 cm³/mol. The Morgan fingerprint density at radius 3 is 2.79 bits per heavy atom. The van der Waals surface area contributed by atoms with E-state index in [-0.39, 0.29) is 17.7 Å². The van der Waals surface area contributed by atoms with E-state index in [4.69, 9.17) is 0 Å². The zero-order valence-electron chi connectivity index (χ0n) is 16.0. The smallest absolute Gasteiger partial charge is 0.338 e. The maximum atomic E-state index is 12.7. The highest BCUT2D eigenvalue weighted by Gasteiger charge is 2.16. The van der Waals surface area contributed by atoms with Crippen LogP contribution >= 0.6 is 0 Å². The van der Waals surface area contributed by atoms with Crippen LogP contribution in [0.25, 0.3) is 27.8 Å². The van der Waals surface area contributed by atoms with Gasteiger partial charge in [-0.1, -0.05) is 6.07 Å². The zero-order valence-corrected chi connectivity index (χ0v) is 16.0. The standard InChI is InChI=1S/C19H20N8O2/c1-3-21-18(28)25-17-23-14-8-13(12-6-5-7-20-10-12)9-15(16(14)24-17)27-19(29)26(4-2)11-22-27/h5-11H,3-4H2,1-2H3,(H3,21,23,24,25,28). The highest BCUT2D eigenvalue weighted by atomic mass is 16.2. The number of pyridine rings is 1. The van der Waals surface area contributed by atoms with E-state index in [1.165, 1.54) is 15.6 Å². The van der Waals surface area contributed by atoms with Crippen LogP contribution in [-0.4, -0.2) is 41.9 Å². The van der Waals surface area contributed by atoms with Crippen LogP contribution in [0.5, 0.6) is 0 Å². The van der Waals surface area contributed by atoms with Gasteiger partial charge in [-0.3, -0.25) is 14.9 Å². The van der Waals surface area contributed by atoms with E-state index in [1.807, 2.05) is 38.1 Å². The number of rotatable bonds is 5. The molecule has 1 aromatic carbocycles. The van der Waals surface area contributed by atoms with Gasteiger partial charge >= 0.3 is 11.7 Å². The number of anilines is 1. The quantitative estimate of drug-likeness (QED) is 0.480. The molecule has 0 bridgehead atoms. The van der Waals surface area contributed by atoms with Gasteiger partial charge in [-0.25, -0.2) is 14.6 Å². The molecule has 0 unspecified atom stereocenters. The summed E-state index contributed by atoms with van der Waals surface area (Å²) in [6.45, 7) is 4.70. The Morgan fingerprint density at radius 2 is 2.10 bits per heavy atom. The van der Waals surface area contributed by atoms with E-state index in [0.29, 0.717) is 29.8 Å². The van der Waals surface area contributed by atoms with Gasteiger partial charge in [0.05, 0.1) is 16.7 Å². The van der Waals surface area contributed by atoms with Gasteiger partial charge in [0, 0.05) is 31.0 Å². The van der Waals surface area contributed by atoms with Crippen LogP contribution in [-0.2, 0) is 6.54 Å². The van der Waals surface area contributed by atoms with Crippen molar-refractivity contribution < 1.29 is 4.79 Å². The van der Waals surface area contributed by atoms with E-state index in [9.17, 15) is 9.59 Å². The van der Waals surface area contributed by atoms with Crippen molar-refractivity contribution >= 4 is 23.0 Å². The summed E-state index contributed by atoms with van der Waals surface area (Å²) in [6, 6.07) is 7.11. The number of imidazole rings is 1. The van der Waals surface area contributed by atoms with Crippen LogP contribution in [0.3, 0.4) is 0 Å². The van der Waals surface area contributed by atoms with Crippen molar-refractivity contribution in [3.63, 3.8) is 0 Å². The van der Waals surface area contributed by atoms with Crippen molar-refractivity contribution in [1.82, 2.24) is 34.6 Å². The third-order valence-corrected chi connectivity index (χ3v) is 4.44. The van der Waals surface area contributed by atoms with Crippen LogP contribution in [0, 0.1) is 0 Å². The Labute approximate surface area is 165 Å². The molecule has 10 heteroatoms. The molecule has 3 aromatic heterocycles. The summed E-state index contributed by atoms with van der Waals surface area (Å²) in [4.78, 5) is 36.3. The minimum atomic E-state index is -0.368. The fraction of sp³-hybridized carbons (Fsp3) is 0.211. The molecule has 2 amide bonds. The lowest BCUT2D eigenvalue weighted by Gasteiger charge is -2.06. The first-order valence-electron chi connectivity index (χ1n) is 9.24. The van der Waals surface area contributed by atoms with E-state index in [2.05, 4.69) is 30.7 Å². The van der Waals surface area contributed by atoms with Crippen molar-refractivity contribution in [3.8, 4) is 16.8 Å². The molecule has 29 heavy (non-hydrogen) atoms. The molecule has 4 rings (SSSR count). The molecule has 3 heterocycles. The first kappa shape index (κ1) is 18.4. The molecule has 0 saturated heterocycles. The fourth-order valence-electron chi connectivity index (χ4n) is 3.05. The second-order valence-corrected chi connectivity index (χ2v) is 6.31. The van der Waals surface area contributed by atoms with Gasteiger partial charge in [-0.15, -0.1) is 0 Å². The van der Waals surface area contributed by atoms with Crippen molar-refractivity contribution in [1.29, 1.82) is 0 Å². The van der Waals surface area contributed by atoms with Crippen LogP contribution in [0.4, 0.5) is 10.7 Å². The number of H-pyrrole nitrogens is 1. The molecule has 0 aliphatic rings. The maximum absolute atomic E-state index is 12.7. The Morgan fingerprint density at radius 1 is 1.24 bits per heavy atom. The number of hydrogen-bond donors (Lipinski definition) is 3. The van der Waals surface area contributed by atoms with Crippen molar-refractivity contribution in [2.75, 3.05) is 11.9 Å². The first-order chi connectivity index (χ1) is 14.1. The maximum Gasteiger partial charge on any atom is 0.350 e. The number of amides is 2. The van der Waals surface area contributed by atoms with Crippen LogP contribution in [0.1, 0.15) is 13.8 Å². The number of aromatic amines is 1. The number of benzene rings is 1. The SMILES string of the molecule is CCNC(=O)Nc1nc2cc(-c3cccnc3)cc(-n3ncn(CC)c3=O)c2[nH]1. The van der Waals surface area contributed by atoms with Gasteiger partial charge in [0.25, 0.3) is 0 Å². The number of nitrogens with one attached hydrogen (secondary N) is 3. The molecule has 0 aliphatic carbocycles. The van der Waals surface area contributed by atoms with Gasteiger partial charge in [-0.05, 0) is 37.6 Å². The summed E-state index contributed by atoms with van der Waals surface area (Å²) in [5.74, 6) is 0.276. The number of carbonyl (C=O) groups excluding carboxylic acids is 1. The molecule has 4 aromatic rings. The second-order valence-electron chi connectivity index (χ2n) is 6.31. The summed E-state index contributed by atoms with van der Waals surface area (Å²) < 4.78 is 2.83. The van der Waals surface area contributed by atoms with Gasteiger partial charge in [0.1, 0.15) is 6.33 Å². The lowest BCUT2D eigenvalue weighted by molar-refractivity contribution is 0.252. The highest BCUT2D eigenvalue weighted by Crippen LogP contribution is 2.28. The van der Waals surface area contributed by atoms with Crippen LogP contribution in [0.2, 0.25) is 0 Å². The van der Waals surface area contributed by atoms with Crippen molar-refractivity contribution in [2.24, 2.45) is 0 Å². The lowest BCUT2D eigenvalue weighted by atomic mass is 10.1. The summed E-state index contributed by atoms with van der Waals surface area (Å²) >= 11 is 0. The third kappa shape index (κ3) is 3.47. The monoisotopic (exact) mass is 392 g/mol. The number of aryl methyl sites for hydroxylation is 1.